The molecule has 0 saturated carbocycles. The van der Waals surface area contributed by atoms with Gasteiger partial charge in [0, 0.05) is 6.54 Å². The molecular weight excluding hydrogens is 266 g/mol. The molecule has 2 rings (SSSR count). The maximum Gasteiger partial charge on any atom is 0.0205 e. The van der Waals surface area contributed by atoms with Gasteiger partial charge in [0.15, 0.2) is 0 Å². The number of hydrogen-bond donors (Lipinski definition) is 1. The fraction of sp³-hybridized carbons (Fsp3) is 0.429. The van der Waals surface area contributed by atoms with Crippen LogP contribution in [0, 0.1) is 0 Å². The number of rotatable bonds is 9. The van der Waals surface area contributed by atoms with Gasteiger partial charge in [0.05, 0.1) is 0 Å². The third-order valence-electron chi connectivity index (χ3n) is 4.07. The summed E-state index contributed by atoms with van der Waals surface area (Å²) >= 11 is 0. The second-order valence-electron chi connectivity index (χ2n) is 6.02. The summed E-state index contributed by atoms with van der Waals surface area (Å²) in [4.78, 5) is 0. The third-order valence-corrected chi connectivity index (χ3v) is 4.07. The Hall–Kier alpha value is -1.60. The Bertz CT molecular complexity index is 545. The molecule has 0 amide bonds. The van der Waals surface area contributed by atoms with Gasteiger partial charge in [-0.05, 0) is 48.1 Å². The van der Waals surface area contributed by atoms with E-state index in [0.29, 0.717) is 0 Å². The summed E-state index contributed by atoms with van der Waals surface area (Å²) < 4.78 is 0. The van der Waals surface area contributed by atoms with E-state index in [2.05, 4.69) is 67.7 Å². The van der Waals surface area contributed by atoms with Crippen LogP contribution in [-0.2, 0) is 25.8 Å². The van der Waals surface area contributed by atoms with Gasteiger partial charge in [0.1, 0.15) is 0 Å². The summed E-state index contributed by atoms with van der Waals surface area (Å²) in [6.07, 6.45) is 5.99. The van der Waals surface area contributed by atoms with Gasteiger partial charge in [-0.15, -0.1) is 0 Å². The summed E-state index contributed by atoms with van der Waals surface area (Å²) in [5.41, 5.74) is 5.92. The van der Waals surface area contributed by atoms with Crippen LogP contribution in [0.5, 0.6) is 0 Å². The summed E-state index contributed by atoms with van der Waals surface area (Å²) in [6, 6.07) is 17.7. The first kappa shape index (κ1) is 16.8. The molecule has 2 aromatic carbocycles. The fourth-order valence-corrected chi connectivity index (χ4v) is 2.91. The highest BCUT2D eigenvalue weighted by atomic mass is 14.8. The van der Waals surface area contributed by atoms with Crippen LogP contribution in [0.3, 0.4) is 0 Å². The minimum Gasteiger partial charge on any atom is -0.312 e. The smallest absolute Gasteiger partial charge is 0.0205 e. The number of benzene rings is 2. The molecule has 1 heteroatoms. The van der Waals surface area contributed by atoms with Crippen LogP contribution >= 0.6 is 0 Å². The molecule has 0 fully saturated rings. The molecule has 0 heterocycles. The van der Waals surface area contributed by atoms with Crippen LogP contribution in [0.15, 0.2) is 48.5 Å². The van der Waals surface area contributed by atoms with E-state index in [1.54, 1.807) is 11.1 Å². The van der Waals surface area contributed by atoms with Crippen molar-refractivity contribution in [3.8, 4) is 0 Å². The number of nitrogens with one attached hydrogen (secondary N) is 1. The second-order valence-corrected chi connectivity index (χ2v) is 6.02. The molecule has 1 N–H and O–H groups in total. The molecular formula is C21H29N. The Morgan fingerprint density at radius 3 is 2.18 bits per heavy atom. The molecule has 0 radical (unpaired) electrons. The largest absolute Gasteiger partial charge is 0.312 e. The van der Waals surface area contributed by atoms with E-state index in [1.165, 1.54) is 36.8 Å². The minimum atomic E-state index is 0.955. The summed E-state index contributed by atoms with van der Waals surface area (Å²) in [5, 5.41) is 3.54. The Morgan fingerprint density at radius 2 is 1.45 bits per heavy atom. The molecule has 0 saturated heterocycles. The van der Waals surface area contributed by atoms with Gasteiger partial charge in [-0.25, -0.2) is 0 Å². The average Bonchev–Trinajstić information content (AvgIpc) is 2.55. The first-order valence-corrected chi connectivity index (χ1v) is 8.68. The van der Waals surface area contributed by atoms with Gasteiger partial charge >= 0.3 is 0 Å². The van der Waals surface area contributed by atoms with Crippen LogP contribution in [0.2, 0.25) is 0 Å². The highest BCUT2D eigenvalue weighted by Gasteiger charge is 2.03. The molecule has 0 aliphatic carbocycles. The molecule has 22 heavy (non-hydrogen) atoms. The van der Waals surface area contributed by atoms with Crippen molar-refractivity contribution < 1.29 is 0 Å². The molecule has 0 bridgehead atoms. The van der Waals surface area contributed by atoms with Crippen molar-refractivity contribution in [1.29, 1.82) is 0 Å². The van der Waals surface area contributed by atoms with E-state index in [0.717, 1.165) is 19.5 Å². The van der Waals surface area contributed by atoms with E-state index >= 15 is 0 Å². The minimum absolute atomic E-state index is 0.955. The lowest BCUT2D eigenvalue weighted by Gasteiger charge is -2.11. The zero-order valence-electron chi connectivity index (χ0n) is 14.1. The molecule has 0 spiro atoms. The van der Waals surface area contributed by atoms with Crippen LogP contribution in [0.4, 0.5) is 0 Å². The zero-order chi connectivity index (χ0) is 15.6. The van der Waals surface area contributed by atoms with Gasteiger partial charge in [-0.2, -0.15) is 0 Å². The van der Waals surface area contributed by atoms with Gasteiger partial charge < -0.3 is 5.32 Å². The van der Waals surface area contributed by atoms with Gasteiger partial charge in [0.25, 0.3) is 0 Å². The van der Waals surface area contributed by atoms with E-state index in [4.69, 9.17) is 0 Å². The SMILES string of the molecule is CCCc1ccc(CCNCc2ccccc2)cc1CCC. The molecule has 0 aliphatic rings. The van der Waals surface area contributed by atoms with E-state index in [1.807, 2.05) is 0 Å². The summed E-state index contributed by atoms with van der Waals surface area (Å²) in [5.74, 6) is 0. The first-order chi connectivity index (χ1) is 10.8. The topological polar surface area (TPSA) is 12.0 Å². The summed E-state index contributed by atoms with van der Waals surface area (Å²) in [6.45, 7) is 6.52. The van der Waals surface area contributed by atoms with E-state index < -0.39 is 0 Å². The average molecular weight is 295 g/mol. The lowest BCUT2D eigenvalue weighted by molar-refractivity contribution is 0.686. The Kier molecular flexibility index (Phi) is 7.18. The van der Waals surface area contributed by atoms with Gasteiger partial charge in [0.2, 0.25) is 0 Å². The Morgan fingerprint density at radius 1 is 0.727 bits per heavy atom. The number of aryl methyl sites for hydroxylation is 2. The predicted octanol–water partition coefficient (Wildman–Crippen LogP) is 4.92. The normalized spacial score (nSPS) is 10.8. The highest BCUT2D eigenvalue weighted by Crippen LogP contribution is 2.16. The fourth-order valence-electron chi connectivity index (χ4n) is 2.91. The monoisotopic (exact) mass is 295 g/mol. The van der Waals surface area contributed by atoms with Crippen molar-refractivity contribution in [1.82, 2.24) is 5.32 Å². The lowest BCUT2D eigenvalue weighted by Crippen LogP contribution is -2.16. The predicted molar refractivity (Wildman–Crippen MR) is 96.3 cm³/mol. The third kappa shape index (κ3) is 5.31. The van der Waals surface area contributed by atoms with Crippen LogP contribution in [0.1, 0.15) is 48.9 Å². The lowest BCUT2D eigenvalue weighted by atomic mass is 9.96. The molecule has 1 nitrogen and oxygen atoms in total. The summed E-state index contributed by atoms with van der Waals surface area (Å²) in [7, 11) is 0. The van der Waals surface area contributed by atoms with Gasteiger partial charge in [-0.1, -0.05) is 75.2 Å². The molecule has 0 atom stereocenters. The standard InChI is InChI=1S/C21H29N/c1-3-8-20-13-12-18(16-21(20)9-4-2)14-15-22-17-19-10-6-5-7-11-19/h5-7,10-13,16,22H,3-4,8-9,14-15,17H2,1-2H3. The Labute approximate surface area is 135 Å². The van der Waals surface area contributed by atoms with Crippen molar-refractivity contribution in [3.63, 3.8) is 0 Å². The van der Waals surface area contributed by atoms with Crippen molar-refractivity contribution in [2.24, 2.45) is 0 Å². The van der Waals surface area contributed by atoms with Crippen molar-refractivity contribution in [3.05, 3.63) is 70.8 Å². The quantitative estimate of drug-likeness (QED) is 0.647. The molecule has 0 aliphatic heterocycles. The highest BCUT2D eigenvalue weighted by molar-refractivity contribution is 5.32. The van der Waals surface area contributed by atoms with Crippen molar-refractivity contribution >= 4 is 0 Å². The maximum absolute atomic E-state index is 3.54. The first-order valence-electron chi connectivity index (χ1n) is 8.68. The molecule has 0 unspecified atom stereocenters. The van der Waals surface area contributed by atoms with E-state index in [9.17, 15) is 0 Å². The zero-order valence-corrected chi connectivity index (χ0v) is 14.1. The van der Waals surface area contributed by atoms with E-state index in [-0.39, 0.29) is 0 Å². The van der Waals surface area contributed by atoms with Crippen molar-refractivity contribution in [2.75, 3.05) is 6.54 Å². The second kappa shape index (κ2) is 9.42. The van der Waals surface area contributed by atoms with Crippen LogP contribution in [-0.4, -0.2) is 6.54 Å². The molecule has 118 valence electrons. The van der Waals surface area contributed by atoms with Gasteiger partial charge in [-0.3, -0.25) is 0 Å². The Balaban J connectivity index is 1.85. The van der Waals surface area contributed by atoms with Crippen LogP contribution in [0.25, 0.3) is 0 Å². The van der Waals surface area contributed by atoms with Crippen LogP contribution < -0.4 is 5.32 Å². The maximum atomic E-state index is 3.54. The molecule has 0 aromatic heterocycles. The molecule has 2 aromatic rings. The van der Waals surface area contributed by atoms with Crippen molar-refractivity contribution in [2.45, 2.75) is 52.5 Å². The number of hydrogen-bond acceptors (Lipinski definition) is 1.